The Labute approximate surface area is 276 Å². The summed E-state index contributed by atoms with van der Waals surface area (Å²) < 4.78 is 6.05. The number of urea groups is 1. The van der Waals surface area contributed by atoms with Crippen molar-refractivity contribution in [2.45, 2.75) is 70.6 Å². The van der Waals surface area contributed by atoms with Crippen LogP contribution in [0.1, 0.15) is 47.9 Å². The average molecular weight is 650 g/mol. The highest BCUT2D eigenvalue weighted by Crippen LogP contribution is 2.28. The van der Waals surface area contributed by atoms with Crippen LogP contribution in [0.5, 0.6) is 5.75 Å². The number of carbonyl (C=O) groups is 3. The molecule has 6 rings (SSSR count). The molecule has 3 saturated heterocycles. The first-order valence-electron chi connectivity index (χ1n) is 16.8. The summed E-state index contributed by atoms with van der Waals surface area (Å²) in [4.78, 5) is 48.6. The maximum atomic E-state index is 14.0. The Bertz CT molecular complexity index is 1390. The Morgan fingerprint density at radius 1 is 0.913 bits per heavy atom. The number of likely N-dealkylation sites (tertiary alicyclic amines) is 1. The minimum absolute atomic E-state index is 0.0257. The van der Waals surface area contributed by atoms with Gasteiger partial charge in [0.15, 0.2) is 6.10 Å². The van der Waals surface area contributed by atoms with Crippen molar-refractivity contribution < 1.29 is 24.2 Å². The van der Waals surface area contributed by atoms with Gasteiger partial charge in [0, 0.05) is 70.0 Å². The number of piperidine rings is 1. The molecule has 0 bridgehead atoms. The largest absolute Gasteiger partial charge is 0.507 e. The van der Waals surface area contributed by atoms with E-state index >= 15 is 0 Å². The van der Waals surface area contributed by atoms with Crippen LogP contribution in [0, 0.1) is 13.8 Å². The van der Waals surface area contributed by atoms with Gasteiger partial charge in [-0.15, -0.1) is 0 Å². The second-order valence-corrected chi connectivity index (χ2v) is 14.3. The number of thioether (sulfide) groups is 1. The number of carbonyl (C=O) groups excluding carboxylic acids is 3. The number of nitrogens with zero attached hydrogens (tertiary/aromatic N) is 4. The molecule has 0 aliphatic carbocycles. The summed E-state index contributed by atoms with van der Waals surface area (Å²) in [5.41, 5.74) is 4.30. The number of fused-ring (bicyclic) bond motifs is 1. The third-order valence-electron chi connectivity index (χ3n) is 10.1. The molecule has 3 fully saturated rings. The molecular weight excluding hydrogens is 602 g/mol. The molecule has 2 aromatic rings. The van der Waals surface area contributed by atoms with Crippen molar-refractivity contribution in [2.75, 3.05) is 62.6 Å². The standard InChI is InChI=1S/C35H47N5O5S/c1-24-21-26(22-25(2)32(24)41)23-31(33(42)38-17-15-37(16-18-38)28-10-19-46-20-11-28)45-35(44)39-12-8-29(9-13-39)40-14-7-27-5-3-4-6-30(27)36-34(40)43/h3-6,21-22,28-29,31,41H,7-20,23H2,1-2H3,(H,36,43)/t31-/m1/s1. The fourth-order valence-corrected chi connectivity index (χ4v) is 8.49. The first-order valence-corrected chi connectivity index (χ1v) is 17.9. The van der Waals surface area contributed by atoms with Crippen LogP contribution in [0.15, 0.2) is 36.4 Å². The Balaban J connectivity index is 1.09. The second-order valence-electron chi connectivity index (χ2n) is 13.1. The van der Waals surface area contributed by atoms with E-state index in [0.29, 0.717) is 51.6 Å². The zero-order valence-corrected chi connectivity index (χ0v) is 27.9. The molecule has 10 nitrogen and oxygen atoms in total. The van der Waals surface area contributed by atoms with Gasteiger partial charge < -0.3 is 29.9 Å². The number of nitrogens with one attached hydrogen (secondary N) is 1. The van der Waals surface area contributed by atoms with Crippen LogP contribution in [0.3, 0.4) is 0 Å². The molecule has 0 radical (unpaired) electrons. The summed E-state index contributed by atoms with van der Waals surface area (Å²) in [7, 11) is 0. The van der Waals surface area contributed by atoms with E-state index < -0.39 is 12.2 Å². The van der Waals surface area contributed by atoms with Crippen LogP contribution in [0.4, 0.5) is 15.3 Å². The number of hydrogen-bond donors (Lipinski definition) is 2. The van der Waals surface area contributed by atoms with E-state index in [1.54, 1.807) is 4.90 Å². The van der Waals surface area contributed by atoms with Crippen LogP contribution in [-0.2, 0) is 22.4 Å². The molecule has 4 heterocycles. The molecule has 0 saturated carbocycles. The third kappa shape index (κ3) is 7.41. The zero-order chi connectivity index (χ0) is 32.2. The number of aryl methyl sites for hydroxylation is 2. The number of piperazine rings is 1. The van der Waals surface area contributed by atoms with E-state index in [1.165, 1.54) is 24.3 Å². The maximum absolute atomic E-state index is 14.0. The Morgan fingerprint density at radius 3 is 2.28 bits per heavy atom. The lowest BCUT2D eigenvalue weighted by molar-refractivity contribution is -0.143. The molecule has 46 heavy (non-hydrogen) atoms. The average Bonchev–Trinajstić information content (AvgIpc) is 3.25. The number of aromatic hydroxyl groups is 1. The molecule has 0 spiro atoms. The fourth-order valence-electron chi connectivity index (χ4n) is 7.41. The monoisotopic (exact) mass is 649 g/mol. The number of phenolic OH excluding ortho intramolecular Hbond substituents is 1. The van der Waals surface area contributed by atoms with Crippen molar-refractivity contribution in [3.8, 4) is 5.75 Å². The summed E-state index contributed by atoms with van der Waals surface area (Å²) in [6, 6.07) is 12.2. The molecule has 2 N–H and O–H groups in total. The highest BCUT2D eigenvalue weighted by Gasteiger charge is 2.36. The van der Waals surface area contributed by atoms with Gasteiger partial charge in [-0.05, 0) is 85.8 Å². The highest BCUT2D eigenvalue weighted by molar-refractivity contribution is 7.99. The normalized spacial score (nSPS) is 20.9. The number of hydrogen-bond acceptors (Lipinski definition) is 7. The number of rotatable bonds is 6. The summed E-state index contributed by atoms with van der Waals surface area (Å²) in [5, 5.41) is 13.4. The van der Waals surface area contributed by atoms with E-state index in [9.17, 15) is 19.5 Å². The number of anilines is 1. The van der Waals surface area contributed by atoms with Gasteiger partial charge >= 0.3 is 12.1 Å². The van der Waals surface area contributed by atoms with Crippen molar-refractivity contribution in [3.63, 3.8) is 0 Å². The molecule has 2 aromatic carbocycles. The van der Waals surface area contributed by atoms with Crippen molar-refractivity contribution in [1.29, 1.82) is 0 Å². The predicted molar refractivity (Wildman–Crippen MR) is 181 cm³/mol. The van der Waals surface area contributed by atoms with Crippen LogP contribution in [0.2, 0.25) is 0 Å². The Kier molecular flexibility index (Phi) is 10.3. The van der Waals surface area contributed by atoms with Crippen molar-refractivity contribution >= 4 is 35.5 Å². The van der Waals surface area contributed by atoms with Gasteiger partial charge in [-0.2, -0.15) is 11.8 Å². The molecule has 11 heteroatoms. The van der Waals surface area contributed by atoms with E-state index in [0.717, 1.165) is 47.5 Å². The topological polar surface area (TPSA) is 106 Å². The van der Waals surface area contributed by atoms with Crippen molar-refractivity contribution in [2.24, 2.45) is 0 Å². The van der Waals surface area contributed by atoms with Gasteiger partial charge in [-0.1, -0.05) is 30.3 Å². The first kappa shape index (κ1) is 32.5. The molecule has 248 valence electrons. The van der Waals surface area contributed by atoms with E-state index in [2.05, 4.69) is 10.2 Å². The number of amides is 4. The molecule has 0 aromatic heterocycles. The summed E-state index contributed by atoms with van der Waals surface area (Å²) in [5.74, 6) is 2.48. The Hall–Kier alpha value is -3.44. The second kappa shape index (κ2) is 14.5. The minimum Gasteiger partial charge on any atom is -0.507 e. The van der Waals surface area contributed by atoms with Crippen LogP contribution < -0.4 is 5.32 Å². The lowest BCUT2D eigenvalue weighted by Crippen LogP contribution is -2.55. The van der Waals surface area contributed by atoms with Gasteiger partial charge in [-0.25, -0.2) is 9.59 Å². The quantitative estimate of drug-likeness (QED) is 0.470. The zero-order valence-electron chi connectivity index (χ0n) is 27.1. The third-order valence-corrected chi connectivity index (χ3v) is 11.2. The molecule has 4 amide bonds. The molecule has 4 aliphatic rings. The van der Waals surface area contributed by atoms with Gasteiger partial charge in [0.2, 0.25) is 0 Å². The molecule has 4 aliphatic heterocycles. The predicted octanol–water partition coefficient (Wildman–Crippen LogP) is 4.65. The fraction of sp³-hybridized carbons (Fsp3) is 0.571. The van der Waals surface area contributed by atoms with Crippen LogP contribution in [-0.4, -0.2) is 118 Å². The number of ether oxygens (including phenoxy) is 1. The highest BCUT2D eigenvalue weighted by atomic mass is 32.2. The number of phenols is 1. The van der Waals surface area contributed by atoms with Crippen molar-refractivity contribution in [3.05, 3.63) is 58.7 Å². The minimum atomic E-state index is -0.957. The van der Waals surface area contributed by atoms with E-state index in [1.807, 2.05) is 71.8 Å². The first-order chi connectivity index (χ1) is 22.3. The van der Waals surface area contributed by atoms with Gasteiger partial charge in [0.25, 0.3) is 5.91 Å². The van der Waals surface area contributed by atoms with E-state index in [-0.39, 0.29) is 30.2 Å². The Morgan fingerprint density at radius 2 is 1.59 bits per heavy atom. The SMILES string of the molecule is Cc1cc(C[C@@H](OC(=O)N2CCC(N3CCc4ccccc4NC3=O)CC2)C(=O)N2CCN(C3CCSCC3)CC2)cc(C)c1O. The van der Waals surface area contributed by atoms with Gasteiger partial charge in [0.1, 0.15) is 5.75 Å². The van der Waals surface area contributed by atoms with Crippen molar-refractivity contribution in [1.82, 2.24) is 19.6 Å². The number of para-hydroxylation sites is 1. The maximum Gasteiger partial charge on any atom is 0.410 e. The van der Waals surface area contributed by atoms with Gasteiger partial charge in [-0.3, -0.25) is 9.69 Å². The summed E-state index contributed by atoms with van der Waals surface area (Å²) >= 11 is 2.02. The van der Waals surface area contributed by atoms with Gasteiger partial charge in [0.05, 0.1) is 0 Å². The molecular formula is C35H47N5O5S. The summed E-state index contributed by atoms with van der Waals surface area (Å²) in [6.07, 6.45) is 3.28. The van der Waals surface area contributed by atoms with E-state index in [4.69, 9.17) is 4.74 Å². The van der Waals surface area contributed by atoms with Crippen LogP contribution >= 0.6 is 11.8 Å². The molecule has 0 unspecified atom stereocenters. The number of benzene rings is 2. The lowest BCUT2D eigenvalue weighted by Gasteiger charge is -2.41. The lowest BCUT2D eigenvalue weighted by atomic mass is 10.00. The summed E-state index contributed by atoms with van der Waals surface area (Å²) in [6.45, 7) is 8.13. The molecule has 1 atom stereocenters. The van der Waals surface area contributed by atoms with Crippen LogP contribution in [0.25, 0.3) is 0 Å². The smallest absolute Gasteiger partial charge is 0.410 e.